The van der Waals surface area contributed by atoms with Gasteiger partial charge in [-0.3, -0.25) is 4.79 Å². The molecular weight excluding hydrogens is 373 g/mol. The Morgan fingerprint density at radius 1 is 1.03 bits per heavy atom. The van der Waals surface area contributed by atoms with E-state index in [1.165, 1.54) is 12.1 Å². The third kappa shape index (κ3) is 3.89. The summed E-state index contributed by atoms with van der Waals surface area (Å²) in [5.74, 6) is 1.33. The third-order valence-corrected chi connectivity index (χ3v) is 5.02. The highest BCUT2D eigenvalue weighted by Gasteiger charge is 2.28. The molecule has 7 heteroatoms. The van der Waals surface area contributed by atoms with Crippen molar-refractivity contribution in [3.05, 3.63) is 71.3 Å². The van der Waals surface area contributed by atoms with E-state index in [1.807, 2.05) is 18.2 Å². The van der Waals surface area contributed by atoms with Crippen molar-refractivity contribution in [2.75, 3.05) is 19.5 Å². The number of ether oxygens (including phenoxy) is 2. The van der Waals surface area contributed by atoms with E-state index in [-0.39, 0.29) is 17.5 Å². The maximum atomic E-state index is 13.1. The number of halogens is 1. The molecule has 3 aromatic rings. The number of anilines is 2. The van der Waals surface area contributed by atoms with Crippen molar-refractivity contribution in [3.63, 3.8) is 0 Å². The van der Waals surface area contributed by atoms with Gasteiger partial charge in [-0.05, 0) is 54.3 Å². The van der Waals surface area contributed by atoms with E-state index in [4.69, 9.17) is 9.47 Å². The van der Waals surface area contributed by atoms with Gasteiger partial charge < -0.3 is 14.8 Å². The summed E-state index contributed by atoms with van der Waals surface area (Å²) in [6, 6.07) is 11.6. The number of aromatic nitrogens is 2. The summed E-state index contributed by atoms with van der Waals surface area (Å²) in [4.78, 5) is 21.4. The first kappa shape index (κ1) is 18.9. The Hall–Kier alpha value is -3.48. The number of nitrogens with zero attached hydrogens (tertiary/aromatic N) is 2. The molecule has 0 spiro atoms. The summed E-state index contributed by atoms with van der Waals surface area (Å²) < 4.78 is 23.8. The quantitative estimate of drug-likeness (QED) is 0.697. The summed E-state index contributed by atoms with van der Waals surface area (Å²) in [6.45, 7) is 0. The van der Waals surface area contributed by atoms with Gasteiger partial charge in [-0.2, -0.15) is 0 Å². The Morgan fingerprint density at radius 2 is 1.79 bits per heavy atom. The van der Waals surface area contributed by atoms with Gasteiger partial charge in [-0.25, -0.2) is 14.4 Å². The number of nitrogens with one attached hydrogen (secondary N) is 1. The van der Waals surface area contributed by atoms with Crippen LogP contribution in [0.3, 0.4) is 0 Å². The molecule has 0 saturated heterocycles. The highest BCUT2D eigenvalue weighted by Crippen LogP contribution is 2.36. The molecule has 1 aliphatic rings. The van der Waals surface area contributed by atoms with Crippen LogP contribution in [0.5, 0.6) is 11.5 Å². The van der Waals surface area contributed by atoms with Crippen LogP contribution in [-0.2, 0) is 6.42 Å². The van der Waals surface area contributed by atoms with Crippen molar-refractivity contribution in [1.82, 2.24) is 9.97 Å². The minimum absolute atomic E-state index is 0.0108. The maximum absolute atomic E-state index is 13.1. The number of carbonyl (C=O) groups is 1. The van der Waals surface area contributed by atoms with Crippen LogP contribution in [0, 0.1) is 5.82 Å². The Labute approximate surface area is 167 Å². The summed E-state index contributed by atoms with van der Waals surface area (Å²) in [6.07, 6.45) is 2.55. The lowest BCUT2D eigenvalue weighted by atomic mass is 9.82. The first-order valence-corrected chi connectivity index (χ1v) is 9.21. The van der Waals surface area contributed by atoms with E-state index in [0.29, 0.717) is 47.2 Å². The second-order valence-electron chi connectivity index (χ2n) is 6.83. The Morgan fingerprint density at radius 3 is 2.52 bits per heavy atom. The van der Waals surface area contributed by atoms with E-state index in [0.717, 1.165) is 5.56 Å². The fourth-order valence-corrected chi connectivity index (χ4v) is 3.51. The van der Waals surface area contributed by atoms with E-state index in [2.05, 4.69) is 15.3 Å². The molecule has 0 aliphatic heterocycles. The number of hydrogen-bond acceptors (Lipinski definition) is 6. The SMILES string of the molecule is COc1ccc([C@@H]2CC(=O)c3cnc(Nc4ccc(F)cc4)nc3C2)cc1OC. The molecule has 2 aromatic carbocycles. The largest absolute Gasteiger partial charge is 0.493 e. The lowest BCUT2D eigenvalue weighted by molar-refractivity contribution is 0.0962. The van der Waals surface area contributed by atoms with Crippen LogP contribution in [0.4, 0.5) is 16.0 Å². The highest BCUT2D eigenvalue weighted by molar-refractivity contribution is 5.98. The van der Waals surface area contributed by atoms with Crippen molar-refractivity contribution >= 4 is 17.4 Å². The summed E-state index contributed by atoms with van der Waals surface area (Å²) in [5.41, 5.74) is 2.91. The number of fused-ring (bicyclic) bond motifs is 1. The second-order valence-corrected chi connectivity index (χ2v) is 6.83. The summed E-state index contributed by atoms with van der Waals surface area (Å²) in [7, 11) is 3.17. The normalized spacial score (nSPS) is 15.6. The molecule has 1 N–H and O–H groups in total. The molecule has 0 fully saturated rings. The predicted molar refractivity (Wildman–Crippen MR) is 107 cm³/mol. The Bertz CT molecular complexity index is 1050. The molecule has 0 unspecified atom stereocenters. The number of benzene rings is 2. The highest BCUT2D eigenvalue weighted by atomic mass is 19.1. The topological polar surface area (TPSA) is 73.3 Å². The van der Waals surface area contributed by atoms with Gasteiger partial charge in [-0.1, -0.05) is 6.07 Å². The first-order chi connectivity index (χ1) is 14.1. The van der Waals surface area contributed by atoms with Crippen molar-refractivity contribution < 1.29 is 18.7 Å². The maximum Gasteiger partial charge on any atom is 0.227 e. The second kappa shape index (κ2) is 7.87. The minimum atomic E-state index is -0.315. The lowest BCUT2D eigenvalue weighted by Crippen LogP contribution is -2.21. The average Bonchev–Trinajstić information content (AvgIpc) is 2.74. The predicted octanol–water partition coefficient (Wildman–Crippen LogP) is 4.29. The number of rotatable bonds is 5. The molecule has 29 heavy (non-hydrogen) atoms. The first-order valence-electron chi connectivity index (χ1n) is 9.21. The minimum Gasteiger partial charge on any atom is -0.493 e. The molecule has 0 bridgehead atoms. The van der Waals surface area contributed by atoms with Gasteiger partial charge in [0, 0.05) is 18.3 Å². The number of Topliss-reactive ketones (excluding diaryl/α,β-unsaturated/α-hetero) is 1. The zero-order valence-corrected chi connectivity index (χ0v) is 16.1. The van der Waals surface area contributed by atoms with Gasteiger partial charge in [0.2, 0.25) is 5.95 Å². The average molecular weight is 393 g/mol. The molecular formula is C22H20FN3O3. The van der Waals surface area contributed by atoms with Gasteiger partial charge in [0.15, 0.2) is 17.3 Å². The van der Waals surface area contributed by atoms with Gasteiger partial charge in [0.05, 0.1) is 25.5 Å². The van der Waals surface area contributed by atoms with Gasteiger partial charge in [0.1, 0.15) is 5.82 Å². The molecule has 0 saturated carbocycles. The monoisotopic (exact) mass is 393 g/mol. The number of hydrogen-bond donors (Lipinski definition) is 1. The van der Waals surface area contributed by atoms with Crippen molar-refractivity contribution in [3.8, 4) is 11.5 Å². The molecule has 4 rings (SSSR count). The van der Waals surface area contributed by atoms with Gasteiger partial charge >= 0.3 is 0 Å². The third-order valence-electron chi connectivity index (χ3n) is 5.02. The van der Waals surface area contributed by atoms with Crippen LogP contribution in [0.15, 0.2) is 48.7 Å². The lowest BCUT2D eigenvalue weighted by Gasteiger charge is -2.24. The Balaban J connectivity index is 1.60. The molecule has 6 nitrogen and oxygen atoms in total. The smallest absolute Gasteiger partial charge is 0.227 e. The number of methoxy groups -OCH3 is 2. The number of carbonyl (C=O) groups excluding carboxylic acids is 1. The molecule has 0 amide bonds. The number of ketones is 1. The molecule has 1 atom stereocenters. The molecule has 0 radical (unpaired) electrons. The standard InChI is InChI=1S/C22H20FN3O3/c1-28-20-8-3-13(11-21(20)29-2)14-9-18-17(19(27)10-14)12-24-22(26-18)25-16-6-4-15(23)5-7-16/h3-8,11-12,14H,9-10H2,1-2H3,(H,24,25,26)/t14-/m0/s1. The Kier molecular flexibility index (Phi) is 5.12. The van der Waals surface area contributed by atoms with Crippen LogP contribution in [0.25, 0.3) is 0 Å². The van der Waals surface area contributed by atoms with Crippen LogP contribution in [0.1, 0.15) is 34.0 Å². The zero-order chi connectivity index (χ0) is 20.4. The van der Waals surface area contributed by atoms with Crippen molar-refractivity contribution in [2.24, 2.45) is 0 Å². The van der Waals surface area contributed by atoms with Crippen LogP contribution < -0.4 is 14.8 Å². The molecule has 1 aromatic heterocycles. The molecule has 148 valence electrons. The summed E-state index contributed by atoms with van der Waals surface area (Å²) >= 11 is 0. The molecule has 1 aliphatic carbocycles. The van der Waals surface area contributed by atoms with Crippen LogP contribution in [0.2, 0.25) is 0 Å². The van der Waals surface area contributed by atoms with Crippen molar-refractivity contribution in [1.29, 1.82) is 0 Å². The van der Waals surface area contributed by atoms with E-state index in [1.54, 1.807) is 32.5 Å². The van der Waals surface area contributed by atoms with E-state index < -0.39 is 0 Å². The zero-order valence-electron chi connectivity index (χ0n) is 16.1. The van der Waals surface area contributed by atoms with Crippen LogP contribution >= 0.6 is 0 Å². The fraction of sp³-hybridized carbons (Fsp3) is 0.227. The van der Waals surface area contributed by atoms with Crippen LogP contribution in [-0.4, -0.2) is 30.0 Å². The van der Waals surface area contributed by atoms with E-state index in [9.17, 15) is 9.18 Å². The van der Waals surface area contributed by atoms with Gasteiger partial charge in [0.25, 0.3) is 0 Å². The van der Waals surface area contributed by atoms with E-state index >= 15 is 0 Å². The van der Waals surface area contributed by atoms with Crippen molar-refractivity contribution in [2.45, 2.75) is 18.8 Å². The van der Waals surface area contributed by atoms with Gasteiger partial charge in [-0.15, -0.1) is 0 Å². The fourth-order valence-electron chi connectivity index (χ4n) is 3.51. The summed E-state index contributed by atoms with van der Waals surface area (Å²) in [5, 5.41) is 3.05. The molecule has 1 heterocycles.